The molecule has 0 spiro atoms. The quantitative estimate of drug-likeness (QED) is 0.672. The summed E-state index contributed by atoms with van der Waals surface area (Å²) < 4.78 is 28.5. The molecule has 26 heavy (non-hydrogen) atoms. The van der Waals surface area contributed by atoms with Crippen LogP contribution in [0, 0.1) is 5.92 Å². The Kier molecular flexibility index (Phi) is 7.44. The van der Waals surface area contributed by atoms with Crippen molar-refractivity contribution in [3.05, 3.63) is 24.3 Å². The van der Waals surface area contributed by atoms with Crippen LogP contribution in [0.1, 0.15) is 51.4 Å². The molecule has 1 saturated carbocycles. The smallest absolute Gasteiger partial charge is 0.243 e. The second kappa shape index (κ2) is 9.58. The number of hydrogen-bond acceptors (Lipinski definition) is 4. The molecular formula is C20H32N2O2S2. The maximum Gasteiger partial charge on any atom is 0.243 e. The Labute approximate surface area is 163 Å². The van der Waals surface area contributed by atoms with Gasteiger partial charge in [0.15, 0.2) is 0 Å². The zero-order chi connectivity index (χ0) is 18.4. The van der Waals surface area contributed by atoms with Crippen LogP contribution in [0.4, 0.5) is 0 Å². The second-order valence-corrected chi connectivity index (χ2v) is 10.3. The fourth-order valence-electron chi connectivity index (χ4n) is 4.31. The molecule has 1 aliphatic carbocycles. The van der Waals surface area contributed by atoms with Crippen LogP contribution in [0.2, 0.25) is 0 Å². The summed E-state index contributed by atoms with van der Waals surface area (Å²) in [5, 5.41) is 3.35. The van der Waals surface area contributed by atoms with Crippen LogP contribution in [0.5, 0.6) is 0 Å². The van der Waals surface area contributed by atoms with Gasteiger partial charge < -0.3 is 5.32 Å². The molecule has 0 atom stereocenters. The molecule has 1 heterocycles. The van der Waals surface area contributed by atoms with Crippen molar-refractivity contribution in [2.24, 2.45) is 5.92 Å². The van der Waals surface area contributed by atoms with E-state index in [9.17, 15) is 8.42 Å². The molecule has 0 radical (unpaired) electrons. The van der Waals surface area contributed by atoms with Gasteiger partial charge in [-0.25, -0.2) is 8.42 Å². The van der Waals surface area contributed by atoms with Crippen molar-refractivity contribution in [2.75, 3.05) is 25.9 Å². The molecule has 1 aromatic carbocycles. The lowest BCUT2D eigenvalue weighted by molar-refractivity contribution is 0.254. The highest BCUT2D eigenvalue weighted by atomic mass is 32.2. The van der Waals surface area contributed by atoms with Gasteiger partial charge in [-0.15, -0.1) is 11.8 Å². The van der Waals surface area contributed by atoms with Gasteiger partial charge in [-0.3, -0.25) is 0 Å². The number of piperidine rings is 1. The molecule has 0 unspecified atom stereocenters. The standard InChI is InChI=1S/C20H32N2O2S2/c1-25-19-8-10-20(11-9-19)26(23,24)22(18-12-14-21-15-13-18)16-4-7-17-5-2-3-6-17/h8-11,17-18,21H,2-7,12-16H2,1H3. The molecule has 1 N–H and O–H groups in total. The first-order chi connectivity index (χ1) is 12.6. The van der Waals surface area contributed by atoms with Crippen LogP contribution in [-0.2, 0) is 10.0 Å². The predicted octanol–water partition coefficient (Wildman–Crippen LogP) is 4.12. The molecule has 0 amide bonds. The van der Waals surface area contributed by atoms with Crippen molar-refractivity contribution < 1.29 is 8.42 Å². The zero-order valence-electron chi connectivity index (χ0n) is 15.8. The topological polar surface area (TPSA) is 49.4 Å². The SMILES string of the molecule is CSc1ccc(S(=O)(=O)N(CCCC2CCCC2)C2CCNCC2)cc1. The van der Waals surface area contributed by atoms with Gasteiger partial charge in [-0.1, -0.05) is 25.7 Å². The Morgan fingerprint density at radius 1 is 1.08 bits per heavy atom. The van der Waals surface area contributed by atoms with Crippen molar-refractivity contribution >= 4 is 21.8 Å². The summed E-state index contributed by atoms with van der Waals surface area (Å²) in [6.45, 7) is 2.48. The third kappa shape index (κ3) is 5.03. The molecule has 1 aromatic rings. The van der Waals surface area contributed by atoms with E-state index in [1.54, 1.807) is 23.9 Å². The van der Waals surface area contributed by atoms with Gasteiger partial charge in [-0.05, 0) is 75.2 Å². The summed E-state index contributed by atoms with van der Waals surface area (Å²) in [6.07, 6.45) is 11.3. The Balaban J connectivity index is 1.73. The third-order valence-corrected chi connectivity index (χ3v) is 8.56. The van der Waals surface area contributed by atoms with Gasteiger partial charge in [0.2, 0.25) is 10.0 Å². The average molecular weight is 397 g/mol. The highest BCUT2D eigenvalue weighted by molar-refractivity contribution is 7.98. The Morgan fingerprint density at radius 3 is 2.35 bits per heavy atom. The first-order valence-corrected chi connectivity index (χ1v) is 12.6. The van der Waals surface area contributed by atoms with Gasteiger partial charge in [-0.2, -0.15) is 4.31 Å². The number of nitrogens with one attached hydrogen (secondary N) is 1. The molecule has 146 valence electrons. The van der Waals surface area contributed by atoms with Gasteiger partial charge >= 0.3 is 0 Å². The van der Waals surface area contributed by atoms with E-state index >= 15 is 0 Å². The fourth-order valence-corrected chi connectivity index (χ4v) is 6.44. The monoisotopic (exact) mass is 396 g/mol. The molecule has 0 aromatic heterocycles. The normalized spacial score (nSPS) is 20.1. The average Bonchev–Trinajstić information content (AvgIpc) is 3.19. The minimum Gasteiger partial charge on any atom is -0.317 e. The molecule has 2 fully saturated rings. The van der Waals surface area contributed by atoms with Gasteiger partial charge in [0.05, 0.1) is 4.90 Å². The lowest BCUT2D eigenvalue weighted by Gasteiger charge is -2.34. The maximum atomic E-state index is 13.4. The van der Waals surface area contributed by atoms with Gasteiger partial charge in [0, 0.05) is 17.5 Å². The van der Waals surface area contributed by atoms with Crippen molar-refractivity contribution in [2.45, 2.75) is 67.2 Å². The molecular weight excluding hydrogens is 364 g/mol. The lowest BCUT2D eigenvalue weighted by atomic mass is 10.0. The molecule has 0 bridgehead atoms. The van der Waals surface area contributed by atoms with E-state index in [1.165, 1.54) is 32.1 Å². The number of benzene rings is 1. The van der Waals surface area contributed by atoms with Crippen molar-refractivity contribution in [3.8, 4) is 0 Å². The summed E-state index contributed by atoms with van der Waals surface area (Å²) in [5.41, 5.74) is 0. The van der Waals surface area contributed by atoms with E-state index in [-0.39, 0.29) is 6.04 Å². The second-order valence-electron chi connectivity index (χ2n) is 7.57. The zero-order valence-corrected chi connectivity index (χ0v) is 17.5. The first kappa shape index (κ1) is 20.2. The third-order valence-electron chi connectivity index (χ3n) is 5.85. The number of hydrogen-bond donors (Lipinski definition) is 1. The van der Waals surface area contributed by atoms with Crippen LogP contribution >= 0.6 is 11.8 Å². The van der Waals surface area contributed by atoms with Crippen LogP contribution in [0.25, 0.3) is 0 Å². The van der Waals surface area contributed by atoms with Crippen LogP contribution in [-0.4, -0.2) is 44.7 Å². The highest BCUT2D eigenvalue weighted by Crippen LogP contribution is 2.30. The van der Waals surface area contributed by atoms with Gasteiger partial charge in [0.1, 0.15) is 0 Å². The van der Waals surface area contributed by atoms with E-state index in [1.807, 2.05) is 22.7 Å². The van der Waals surface area contributed by atoms with E-state index in [2.05, 4.69) is 5.32 Å². The molecule has 3 rings (SSSR count). The number of thioether (sulfide) groups is 1. The molecule has 1 aliphatic heterocycles. The van der Waals surface area contributed by atoms with E-state index in [4.69, 9.17) is 0 Å². The minimum absolute atomic E-state index is 0.130. The van der Waals surface area contributed by atoms with Crippen LogP contribution < -0.4 is 5.32 Å². The van der Waals surface area contributed by atoms with Gasteiger partial charge in [0.25, 0.3) is 0 Å². The largest absolute Gasteiger partial charge is 0.317 e. The molecule has 4 nitrogen and oxygen atoms in total. The van der Waals surface area contributed by atoms with Crippen molar-refractivity contribution in [1.82, 2.24) is 9.62 Å². The molecule has 6 heteroatoms. The van der Waals surface area contributed by atoms with E-state index < -0.39 is 10.0 Å². The van der Waals surface area contributed by atoms with Crippen LogP contribution in [0.3, 0.4) is 0 Å². The summed E-state index contributed by atoms with van der Waals surface area (Å²) in [7, 11) is -3.43. The van der Waals surface area contributed by atoms with E-state index in [0.29, 0.717) is 11.4 Å². The Bertz CT molecular complexity index is 649. The number of rotatable bonds is 8. The summed E-state index contributed by atoms with van der Waals surface area (Å²) >= 11 is 1.64. The minimum atomic E-state index is -3.43. The first-order valence-electron chi connectivity index (χ1n) is 9.98. The predicted molar refractivity (Wildman–Crippen MR) is 109 cm³/mol. The van der Waals surface area contributed by atoms with E-state index in [0.717, 1.165) is 43.2 Å². The van der Waals surface area contributed by atoms with Crippen molar-refractivity contribution in [3.63, 3.8) is 0 Å². The lowest BCUT2D eigenvalue weighted by Crippen LogP contribution is -2.46. The summed E-state index contributed by atoms with van der Waals surface area (Å²) in [6, 6.07) is 7.50. The van der Waals surface area contributed by atoms with Crippen LogP contribution in [0.15, 0.2) is 34.1 Å². The fraction of sp³-hybridized carbons (Fsp3) is 0.700. The number of nitrogens with zero attached hydrogens (tertiary/aromatic N) is 1. The number of sulfonamides is 1. The molecule has 2 aliphatic rings. The molecule has 1 saturated heterocycles. The maximum absolute atomic E-state index is 13.4. The Hall–Kier alpha value is -0.560. The summed E-state index contributed by atoms with van der Waals surface area (Å²) in [4.78, 5) is 1.54. The van der Waals surface area contributed by atoms with Crippen molar-refractivity contribution in [1.29, 1.82) is 0 Å². The summed E-state index contributed by atoms with van der Waals surface area (Å²) in [5.74, 6) is 0.813. The Morgan fingerprint density at radius 2 is 1.73 bits per heavy atom. The highest BCUT2D eigenvalue weighted by Gasteiger charge is 2.32.